The molecule has 2 heteroatoms. The zero-order chi connectivity index (χ0) is 15.6. The van der Waals surface area contributed by atoms with E-state index in [0.29, 0.717) is 0 Å². The zero-order valence-electron chi connectivity index (χ0n) is 14.4. The van der Waals surface area contributed by atoms with E-state index in [2.05, 4.69) is 6.92 Å². The van der Waals surface area contributed by atoms with Gasteiger partial charge in [-0.3, -0.25) is 4.79 Å². The predicted molar refractivity (Wildman–Crippen MR) is 93.2 cm³/mol. The molecule has 1 unspecified atom stereocenters. The predicted octanol–water partition coefficient (Wildman–Crippen LogP) is 5.68. The molecule has 0 fully saturated rings. The van der Waals surface area contributed by atoms with Crippen LogP contribution in [-0.2, 0) is 4.79 Å². The Kier molecular flexibility index (Phi) is 17.4. The molecule has 0 spiro atoms. The maximum absolute atomic E-state index is 10.2. The molecule has 0 rings (SSSR count). The molecule has 2 nitrogen and oxygen atoms in total. The third-order valence-corrected chi connectivity index (χ3v) is 4.27. The molecule has 0 heterocycles. The van der Waals surface area contributed by atoms with Crippen molar-refractivity contribution in [3.8, 4) is 0 Å². The van der Waals surface area contributed by atoms with Crippen molar-refractivity contribution in [1.82, 2.24) is 0 Å². The second-order valence-electron chi connectivity index (χ2n) is 6.46. The third-order valence-electron chi connectivity index (χ3n) is 4.27. The first-order valence-electron chi connectivity index (χ1n) is 9.44. The summed E-state index contributed by atoms with van der Waals surface area (Å²) in [4.78, 5) is 10.2. The van der Waals surface area contributed by atoms with Crippen LogP contribution < -0.4 is 5.73 Å². The summed E-state index contributed by atoms with van der Waals surface area (Å²) in [6.45, 7) is 2.28. The molecule has 125 valence electrons. The maximum atomic E-state index is 10.2. The molecule has 1 radical (unpaired) electrons. The molecule has 2 N–H and O–H groups in total. The molecule has 0 bridgehead atoms. The van der Waals surface area contributed by atoms with Crippen LogP contribution in [-0.4, -0.2) is 12.3 Å². The minimum atomic E-state index is -0.355. The third kappa shape index (κ3) is 17.6. The SMILES string of the molecule is CCCCCCCCCCCCCCCCCC(N)[C]=O. The van der Waals surface area contributed by atoms with Gasteiger partial charge in [0.1, 0.15) is 0 Å². The number of hydrogen-bond acceptors (Lipinski definition) is 2. The Balaban J connectivity index is 2.98. The summed E-state index contributed by atoms with van der Waals surface area (Å²) in [6, 6.07) is -0.355. The van der Waals surface area contributed by atoms with E-state index in [0.717, 1.165) is 12.8 Å². The van der Waals surface area contributed by atoms with Crippen LogP contribution in [0.25, 0.3) is 0 Å². The van der Waals surface area contributed by atoms with Gasteiger partial charge in [-0.2, -0.15) is 0 Å². The highest BCUT2D eigenvalue weighted by Gasteiger charge is 2.00. The Morgan fingerprint density at radius 3 is 1.33 bits per heavy atom. The van der Waals surface area contributed by atoms with Crippen molar-refractivity contribution >= 4 is 6.29 Å². The van der Waals surface area contributed by atoms with Gasteiger partial charge >= 0.3 is 0 Å². The van der Waals surface area contributed by atoms with Crippen LogP contribution >= 0.6 is 0 Å². The van der Waals surface area contributed by atoms with Crippen LogP contribution in [0.1, 0.15) is 110 Å². The first kappa shape index (κ1) is 20.6. The summed E-state index contributed by atoms with van der Waals surface area (Å²) in [5.41, 5.74) is 5.50. The first-order valence-corrected chi connectivity index (χ1v) is 9.44. The van der Waals surface area contributed by atoms with Crippen LogP contribution in [0.5, 0.6) is 0 Å². The Hall–Kier alpha value is -0.370. The Morgan fingerprint density at radius 1 is 0.667 bits per heavy atom. The summed E-state index contributed by atoms with van der Waals surface area (Å²) in [6.07, 6.45) is 23.2. The molecule has 1 atom stereocenters. The Labute approximate surface area is 133 Å². The normalized spacial score (nSPS) is 12.5. The van der Waals surface area contributed by atoms with Gasteiger partial charge < -0.3 is 5.73 Å². The number of rotatable bonds is 17. The maximum Gasteiger partial charge on any atom is 0.216 e. The smallest absolute Gasteiger partial charge is 0.216 e. The minimum Gasteiger partial charge on any atom is -0.321 e. The van der Waals surface area contributed by atoms with Gasteiger partial charge in [0.05, 0.1) is 6.04 Å². The number of nitrogens with two attached hydrogens (primary N) is 1. The van der Waals surface area contributed by atoms with Gasteiger partial charge in [0.25, 0.3) is 0 Å². The fraction of sp³-hybridized carbons (Fsp3) is 0.947. The lowest BCUT2D eigenvalue weighted by atomic mass is 10.0. The van der Waals surface area contributed by atoms with E-state index in [-0.39, 0.29) is 6.04 Å². The Morgan fingerprint density at radius 2 is 1.00 bits per heavy atom. The van der Waals surface area contributed by atoms with Crippen LogP contribution in [0.4, 0.5) is 0 Å². The molecule has 0 aromatic rings. The number of hydrogen-bond donors (Lipinski definition) is 1. The van der Waals surface area contributed by atoms with Gasteiger partial charge in [-0.15, -0.1) is 0 Å². The van der Waals surface area contributed by atoms with E-state index in [1.165, 1.54) is 89.9 Å². The molecule has 0 aliphatic carbocycles. The van der Waals surface area contributed by atoms with Crippen LogP contribution in [0.3, 0.4) is 0 Å². The fourth-order valence-corrected chi connectivity index (χ4v) is 2.79. The largest absolute Gasteiger partial charge is 0.321 e. The van der Waals surface area contributed by atoms with Crippen molar-refractivity contribution in [1.29, 1.82) is 0 Å². The molecular weight excluding hydrogens is 258 g/mol. The molecule has 0 saturated carbocycles. The van der Waals surface area contributed by atoms with Gasteiger partial charge in [0.2, 0.25) is 6.29 Å². The highest BCUT2D eigenvalue weighted by Crippen LogP contribution is 2.13. The van der Waals surface area contributed by atoms with Crippen molar-refractivity contribution in [2.75, 3.05) is 0 Å². The van der Waals surface area contributed by atoms with Crippen LogP contribution in [0.15, 0.2) is 0 Å². The van der Waals surface area contributed by atoms with Crippen molar-refractivity contribution in [2.45, 2.75) is 116 Å². The summed E-state index contributed by atoms with van der Waals surface area (Å²) < 4.78 is 0. The van der Waals surface area contributed by atoms with Crippen LogP contribution in [0, 0.1) is 0 Å². The minimum absolute atomic E-state index is 0.355. The average Bonchev–Trinajstić information content (AvgIpc) is 2.50. The molecule has 0 amide bonds. The molecule has 0 aliphatic heterocycles. The summed E-state index contributed by atoms with van der Waals surface area (Å²) in [5, 5.41) is 0. The summed E-state index contributed by atoms with van der Waals surface area (Å²) in [7, 11) is 0. The monoisotopic (exact) mass is 296 g/mol. The number of carbonyl (C=O) groups excluding carboxylic acids is 1. The standard InChI is InChI=1S/C19H38NO/c1-2-3-4-5-6-7-8-9-10-11-12-13-14-15-16-17-19(20)18-21/h19H,2-17,20H2,1H3. The number of unbranched alkanes of at least 4 members (excludes halogenated alkanes) is 14. The lowest BCUT2D eigenvalue weighted by Crippen LogP contribution is -2.20. The molecule has 0 saturated heterocycles. The van der Waals surface area contributed by atoms with E-state index >= 15 is 0 Å². The van der Waals surface area contributed by atoms with Gasteiger partial charge in [-0.1, -0.05) is 103 Å². The van der Waals surface area contributed by atoms with Crippen molar-refractivity contribution < 1.29 is 4.79 Å². The van der Waals surface area contributed by atoms with E-state index < -0.39 is 0 Å². The second kappa shape index (κ2) is 17.7. The van der Waals surface area contributed by atoms with Crippen molar-refractivity contribution in [2.24, 2.45) is 5.73 Å². The van der Waals surface area contributed by atoms with E-state index in [1.54, 1.807) is 0 Å². The quantitative estimate of drug-likeness (QED) is 0.351. The Bertz CT molecular complexity index is 206. The first-order chi connectivity index (χ1) is 10.3. The van der Waals surface area contributed by atoms with Gasteiger partial charge in [0.15, 0.2) is 0 Å². The molecule has 21 heavy (non-hydrogen) atoms. The molecule has 0 aromatic heterocycles. The van der Waals surface area contributed by atoms with E-state index in [9.17, 15) is 4.79 Å². The van der Waals surface area contributed by atoms with E-state index in [4.69, 9.17) is 5.73 Å². The summed E-state index contributed by atoms with van der Waals surface area (Å²) >= 11 is 0. The van der Waals surface area contributed by atoms with Gasteiger partial charge in [-0.25, -0.2) is 0 Å². The second-order valence-corrected chi connectivity index (χ2v) is 6.46. The molecular formula is C19H38NO. The fourth-order valence-electron chi connectivity index (χ4n) is 2.79. The highest BCUT2D eigenvalue weighted by atomic mass is 16.1. The zero-order valence-corrected chi connectivity index (χ0v) is 14.4. The summed E-state index contributed by atoms with van der Waals surface area (Å²) in [5.74, 6) is 0. The van der Waals surface area contributed by atoms with E-state index in [1.807, 2.05) is 6.29 Å². The van der Waals surface area contributed by atoms with Gasteiger partial charge in [-0.05, 0) is 6.42 Å². The van der Waals surface area contributed by atoms with Crippen LogP contribution in [0.2, 0.25) is 0 Å². The topological polar surface area (TPSA) is 43.1 Å². The van der Waals surface area contributed by atoms with Crippen molar-refractivity contribution in [3.05, 3.63) is 0 Å². The lowest BCUT2D eigenvalue weighted by molar-refractivity contribution is 0.514. The van der Waals surface area contributed by atoms with Gasteiger partial charge in [0, 0.05) is 0 Å². The lowest BCUT2D eigenvalue weighted by Gasteiger charge is -2.04. The average molecular weight is 297 g/mol. The highest BCUT2D eigenvalue weighted by molar-refractivity contribution is 5.57. The molecule has 0 aromatic carbocycles. The molecule has 0 aliphatic rings. The van der Waals surface area contributed by atoms with Crippen molar-refractivity contribution in [3.63, 3.8) is 0 Å².